The lowest BCUT2D eigenvalue weighted by Crippen LogP contribution is -2.11. The monoisotopic (exact) mass is 790 g/mol. The number of ether oxygens (including phenoxy) is 5. The third-order valence-corrected chi connectivity index (χ3v) is 8.73. The molecule has 0 bridgehead atoms. The number of hydrogen-bond acceptors (Lipinski definition) is 10. The first-order valence-corrected chi connectivity index (χ1v) is 18.6. The average Bonchev–Trinajstić information content (AvgIpc) is 3.26. The Morgan fingerprint density at radius 3 is 1.15 bits per heavy atom. The van der Waals surface area contributed by atoms with Crippen LogP contribution in [0.2, 0.25) is 0 Å². The van der Waals surface area contributed by atoms with Crippen molar-refractivity contribution in [3.8, 4) is 46.0 Å². The van der Waals surface area contributed by atoms with E-state index in [4.69, 9.17) is 23.7 Å². The minimum absolute atomic E-state index is 0.0617. The molecule has 7 aromatic rings. The highest BCUT2D eigenvalue weighted by Crippen LogP contribution is 2.41. The van der Waals surface area contributed by atoms with Gasteiger partial charge in [-0.3, -0.25) is 0 Å². The smallest absolute Gasteiger partial charge is 0.343 e. The van der Waals surface area contributed by atoms with Crippen LogP contribution in [-0.2, 0) is 19.8 Å². The van der Waals surface area contributed by atoms with Crippen molar-refractivity contribution in [1.82, 2.24) is 0 Å². The summed E-state index contributed by atoms with van der Waals surface area (Å²) in [5.74, 6) is -1.10. The third kappa shape index (κ3) is 11.9. The number of aromatic hydroxyl groups is 3. The van der Waals surface area contributed by atoms with Crippen LogP contribution >= 0.6 is 0 Å². The van der Waals surface area contributed by atoms with Gasteiger partial charge in [-0.25, -0.2) is 9.59 Å². The molecule has 0 saturated carbocycles. The number of rotatable bonds is 13. The first-order valence-electron chi connectivity index (χ1n) is 18.6. The van der Waals surface area contributed by atoms with Gasteiger partial charge in [-0.2, -0.15) is 0 Å². The molecular weight excluding hydrogens is 749 g/mol. The number of esters is 2. The van der Waals surface area contributed by atoms with E-state index in [1.165, 1.54) is 0 Å². The normalized spacial score (nSPS) is 10.4. The molecule has 0 aliphatic carbocycles. The van der Waals surface area contributed by atoms with E-state index in [2.05, 4.69) is 0 Å². The van der Waals surface area contributed by atoms with E-state index in [0.29, 0.717) is 40.9 Å². The number of aryl methyl sites for hydroxylation is 2. The second-order valence-corrected chi connectivity index (χ2v) is 13.4. The zero-order valence-electron chi connectivity index (χ0n) is 32.4. The Balaban J connectivity index is 0.000000257. The van der Waals surface area contributed by atoms with Gasteiger partial charge in [-0.1, -0.05) is 126 Å². The van der Waals surface area contributed by atoms with Crippen molar-refractivity contribution in [3.05, 3.63) is 203 Å². The number of phenols is 3. The van der Waals surface area contributed by atoms with Gasteiger partial charge in [0.2, 0.25) is 5.75 Å². The largest absolute Gasteiger partial charge is 0.504 e. The van der Waals surface area contributed by atoms with Crippen LogP contribution in [0.4, 0.5) is 0 Å². The molecule has 0 aliphatic rings. The summed E-state index contributed by atoms with van der Waals surface area (Å²) < 4.78 is 29.5. The maximum Gasteiger partial charge on any atom is 0.343 e. The minimum Gasteiger partial charge on any atom is -0.504 e. The molecule has 0 atom stereocenters. The van der Waals surface area contributed by atoms with Crippen LogP contribution in [0, 0.1) is 13.8 Å². The molecule has 0 radical (unpaired) electrons. The van der Waals surface area contributed by atoms with Crippen molar-refractivity contribution in [2.24, 2.45) is 0 Å². The van der Waals surface area contributed by atoms with E-state index >= 15 is 0 Å². The fourth-order valence-electron chi connectivity index (χ4n) is 5.52. The van der Waals surface area contributed by atoms with Crippen LogP contribution < -0.4 is 23.7 Å². The van der Waals surface area contributed by atoms with Gasteiger partial charge in [0.1, 0.15) is 31.3 Å². The van der Waals surface area contributed by atoms with Gasteiger partial charge >= 0.3 is 11.9 Å². The molecule has 298 valence electrons. The lowest BCUT2D eigenvalue weighted by Gasteiger charge is -2.19. The molecule has 0 unspecified atom stereocenters. The van der Waals surface area contributed by atoms with Gasteiger partial charge in [0.05, 0.1) is 11.1 Å². The van der Waals surface area contributed by atoms with Gasteiger partial charge in [0, 0.05) is 0 Å². The zero-order chi connectivity index (χ0) is 41.6. The van der Waals surface area contributed by atoms with Gasteiger partial charge < -0.3 is 39.0 Å². The van der Waals surface area contributed by atoms with E-state index in [1.54, 1.807) is 48.5 Å². The second kappa shape index (κ2) is 19.9. The molecule has 7 aromatic carbocycles. The molecule has 0 aromatic heterocycles. The maximum absolute atomic E-state index is 13.3. The first-order chi connectivity index (χ1) is 28.6. The second-order valence-electron chi connectivity index (χ2n) is 13.4. The SMILES string of the molecule is Cc1ccc(OC(=O)c2cc(O)c(O)c(O)c2)cc1.Cc1ccc(OC(=O)c2cc(OCc3ccccc3)c(OCc3ccccc3)c(OCc3ccccc3)c2)cc1. The number of benzene rings is 7. The Bertz CT molecular complexity index is 2360. The predicted octanol–water partition coefficient (Wildman–Crippen LogP) is 10.3. The Labute approximate surface area is 342 Å². The molecular formula is C49H42O10. The van der Waals surface area contributed by atoms with Gasteiger partial charge in [-0.05, 0) is 79.1 Å². The Morgan fingerprint density at radius 1 is 0.441 bits per heavy atom. The highest BCUT2D eigenvalue weighted by atomic mass is 16.5. The maximum atomic E-state index is 13.3. The lowest BCUT2D eigenvalue weighted by atomic mass is 10.1. The highest BCUT2D eigenvalue weighted by molar-refractivity contribution is 5.93. The van der Waals surface area contributed by atoms with E-state index in [9.17, 15) is 24.9 Å². The van der Waals surface area contributed by atoms with Crippen molar-refractivity contribution in [2.45, 2.75) is 33.7 Å². The van der Waals surface area contributed by atoms with Crippen LogP contribution in [0.25, 0.3) is 0 Å². The summed E-state index contributed by atoms with van der Waals surface area (Å²) in [6.07, 6.45) is 0. The fraction of sp³-hybridized carbons (Fsp3) is 0.102. The van der Waals surface area contributed by atoms with Gasteiger partial charge in [-0.15, -0.1) is 0 Å². The predicted molar refractivity (Wildman–Crippen MR) is 222 cm³/mol. The van der Waals surface area contributed by atoms with Crippen molar-refractivity contribution in [2.75, 3.05) is 0 Å². The van der Waals surface area contributed by atoms with Crippen molar-refractivity contribution < 1.29 is 48.6 Å². The molecule has 0 saturated heterocycles. The minimum atomic E-state index is -0.741. The summed E-state index contributed by atoms with van der Waals surface area (Å²) in [6, 6.07) is 49.0. The van der Waals surface area contributed by atoms with Crippen molar-refractivity contribution in [3.63, 3.8) is 0 Å². The number of hydrogen-bond donors (Lipinski definition) is 3. The van der Waals surface area contributed by atoms with E-state index in [0.717, 1.165) is 39.9 Å². The summed E-state index contributed by atoms with van der Waals surface area (Å²) in [6.45, 7) is 4.76. The molecule has 10 nitrogen and oxygen atoms in total. The van der Waals surface area contributed by atoms with Crippen molar-refractivity contribution >= 4 is 11.9 Å². The number of phenolic OH excluding ortho intramolecular Hbond substituents is 3. The van der Waals surface area contributed by atoms with Gasteiger partial charge in [0.25, 0.3) is 0 Å². The topological polar surface area (TPSA) is 141 Å². The molecule has 10 heteroatoms. The molecule has 59 heavy (non-hydrogen) atoms. The first kappa shape index (κ1) is 40.9. The molecule has 7 rings (SSSR count). The Hall–Kier alpha value is -7.72. The Kier molecular flexibility index (Phi) is 13.8. The lowest BCUT2D eigenvalue weighted by molar-refractivity contribution is 0.0724. The van der Waals surface area contributed by atoms with E-state index in [-0.39, 0.29) is 18.8 Å². The van der Waals surface area contributed by atoms with E-state index in [1.807, 2.05) is 117 Å². The standard InChI is InChI=1S/C35H30O5.C14H12O5/c1-26-17-19-31(20-18-26)40-35(36)30-21-32(37-23-27-11-5-2-6-12-27)34(39-25-29-15-9-4-10-16-29)33(22-30)38-24-28-13-7-3-8-14-28;1-8-2-4-10(5-3-8)19-14(18)9-6-11(15)13(17)12(16)7-9/h2-22H,23-25H2,1H3;2-7,15-17H,1H3. The van der Waals surface area contributed by atoms with Crippen molar-refractivity contribution in [1.29, 1.82) is 0 Å². The summed E-state index contributed by atoms with van der Waals surface area (Å²) in [5, 5.41) is 27.8. The van der Waals surface area contributed by atoms with Crippen LogP contribution in [0.5, 0.6) is 46.0 Å². The molecule has 0 fully saturated rings. The van der Waals surface area contributed by atoms with Crippen LogP contribution in [-0.4, -0.2) is 27.3 Å². The zero-order valence-corrected chi connectivity index (χ0v) is 32.4. The van der Waals surface area contributed by atoms with E-state index < -0.39 is 29.2 Å². The summed E-state index contributed by atoms with van der Waals surface area (Å²) in [7, 11) is 0. The fourth-order valence-corrected chi connectivity index (χ4v) is 5.52. The van der Waals surface area contributed by atoms with Crippen LogP contribution in [0.15, 0.2) is 164 Å². The third-order valence-electron chi connectivity index (χ3n) is 8.73. The Morgan fingerprint density at radius 2 is 0.780 bits per heavy atom. The van der Waals surface area contributed by atoms with Gasteiger partial charge in [0.15, 0.2) is 28.7 Å². The number of carbonyl (C=O) groups excluding carboxylic acids is 2. The van der Waals surface area contributed by atoms with Crippen LogP contribution in [0.1, 0.15) is 48.5 Å². The summed E-state index contributed by atoms with van der Waals surface area (Å²) in [5.41, 5.74) is 5.29. The quantitative estimate of drug-likeness (QED) is 0.0587. The highest BCUT2D eigenvalue weighted by Gasteiger charge is 2.21. The number of carbonyl (C=O) groups is 2. The molecule has 0 spiro atoms. The van der Waals surface area contributed by atoms with Crippen LogP contribution in [0.3, 0.4) is 0 Å². The summed E-state index contributed by atoms with van der Waals surface area (Å²) >= 11 is 0. The molecule has 0 aliphatic heterocycles. The average molecular weight is 791 g/mol. The molecule has 0 amide bonds. The molecule has 3 N–H and O–H groups in total. The molecule has 0 heterocycles. The summed E-state index contributed by atoms with van der Waals surface area (Å²) in [4.78, 5) is 25.1.